The number of hydrogen-bond acceptors (Lipinski definition) is 3. The van der Waals surface area contributed by atoms with Gasteiger partial charge in [0.2, 0.25) is 0 Å². The Kier molecular flexibility index (Phi) is 3.82. The molecule has 1 heterocycles. The summed E-state index contributed by atoms with van der Waals surface area (Å²) in [5.41, 5.74) is 9.09. The predicted molar refractivity (Wildman–Crippen MR) is 73.7 cm³/mol. The van der Waals surface area contributed by atoms with Crippen molar-refractivity contribution in [3.8, 4) is 0 Å². The van der Waals surface area contributed by atoms with E-state index in [1.165, 1.54) is 10.4 Å². The molecule has 0 aliphatic rings. The van der Waals surface area contributed by atoms with E-state index in [4.69, 9.17) is 17.3 Å². The molecule has 1 aromatic carbocycles. The minimum absolute atomic E-state index is 0.514. The van der Waals surface area contributed by atoms with E-state index >= 15 is 0 Å². The first kappa shape index (κ1) is 12.6. The lowest BCUT2D eigenvalue weighted by Gasteiger charge is -2.06. The minimum atomic E-state index is 0.514. The van der Waals surface area contributed by atoms with Gasteiger partial charge in [-0.05, 0) is 31.0 Å². The summed E-state index contributed by atoms with van der Waals surface area (Å²) in [4.78, 5) is 5.71. The van der Waals surface area contributed by atoms with Gasteiger partial charge in [0.15, 0.2) is 0 Å². The number of nitrogens with zero attached hydrogens (tertiary/aromatic N) is 1. The van der Waals surface area contributed by atoms with Gasteiger partial charge in [0.1, 0.15) is 5.01 Å². The normalized spacial score (nSPS) is 10.8. The third-order valence-electron chi connectivity index (χ3n) is 2.84. The first-order chi connectivity index (χ1) is 8.11. The lowest BCUT2D eigenvalue weighted by molar-refractivity contribution is 1.01. The van der Waals surface area contributed by atoms with Crippen LogP contribution >= 0.6 is 22.9 Å². The summed E-state index contributed by atoms with van der Waals surface area (Å²) in [6.07, 6.45) is 0.885. The molecule has 2 N–H and O–H groups in total. The maximum atomic E-state index is 6.12. The predicted octanol–water partition coefficient (Wildman–Crippen LogP) is 3.46. The van der Waals surface area contributed by atoms with E-state index in [1.54, 1.807) is 11.3 Å². The van der Waals surface area contributed by atoms with Gasteiger partial charge in [-0.15, -0.1) is 11.3 Å². The molecule has 4 heteroatoms. The van der Waals surface area contributed by atoms with E-state index in [1.807, 2.05) is 19.1 Å². The molecule has 0 amide bonds. The molecule has 0 fully saturated rings. The standard InChI is InChI=1S/C13H15ClN2S/c1-8-10(4-3-5-11(8)14)6-12-9(2)16-13(7-15)17-12/h3-5H,6-7,15H2,1-2H3. The molecule has 0 saturated heterocycles. The Labute approximate surface area is 110 Å². The number of benzene rings is 1. The fourth-order valence-corrected chi connectivity index (χ4v) is 2.92. The molecule has 0 atom stereocenters. The summed E-state index contributed by atoms with van der Waals surface area (Å²) in [5.74, 6) is 0. The summed E-state index contributed by atoms with van der Waals surface area (Å²) in [6, 6.07) is 6.03. The summed E-state index contributed by atoms with van der Waals surface area (Å²) in [5, 5.41) is 1.82. The second-order valence-corrected chi connectivity index (χ2v) is 5.60. The summed E-state index contributed by atoms with van der Waals surface area (Å²) in [7, 11) is 0. The van der Waals surface area contributed by atoms with Gasteiger partial charge in [0.05, 0.1) is 5.69 Å². The van der Waals surface area contributed by atoms with Crippen LogP contribution in [0, 0.1) is 13.8 Å². The zero-order chi connectivity index (χ0) is 12.4. The summed E-state index contributed by atoms with van der Waals surface area (Å²) >= 11 is 7.81. The van der Waals surface area contributed by atoms with E-state index in [2.05, 4.69) is 18.0 Å². The first-order valence-corrected chi connectivity index (χ1v) is 6.70. The van der Waals surface area contributed by atoms with Crippen molar-refractivity contribution in [3.05, 3.63) is 49.9 Å². The number of thiazole rings is 1. The minimum Gasteiger partial charge on any atom is -0.325 e. The van der Waals surface area contributed by atoms with Crippen molar-refractivity contribution < 1.29 is 0 Å². The van der Waals surface area contributed by atoms with Crippen molar-refractivity contribution in [2.75, 3.05) is 0 Å². The van der Waals surface area contributed by atoms with E-state index < -0.39 is 0 Å². The lowest BCUT2D eigenvalue weighted by Crippen LogP contribution is -1.94. The zero-order valence-corrected chi connectivity index (χ0v) is 11.5. The highest BCUT2D eigenvalue weighted by Crippen LogP contribution is 2.25. The van der Waals surface area contributed by atoms with Crippen molar-refractivity contribution in [3.63, 3.8) is 0 Å². The van der Waals surface area contributed by atoms with Crippen LogP contribution < -0.4 is 5.73 Å². The number of nitrogens with two attached hydrogens (primary N) is 1. The van der Waals surface area contributed by atoms with E-state index in [-0.39, 0.29) is 0 Å². The van der Waals surface area contributed by atoms with Crippen LogP contribution in [0.3, 0.4) is 0 Å². The van der Waals surface area contributed by atoms with Crippen LogP contribution in [0.15, 0.2) is 18.2 Å². The lowest BCUT2D eigenvalue weighted by atomic mass is 10.0. The summed E-state index contributed by atoms with van der Waals surface area (Å²) < 4.78 is 0. The highest BCUT2D eigenvalue weighted by atomic mass is 35.5. The third kappa shape index (κ3) is 2.68. The van der Waals surface area contributed by atoms with Gasteiger partial charge in [-0.3, -0.25) is 0 Å². The van der Waals surface area contributed by atoms with Crippen LogP contribution in [-0.4, -0.2) is 4.98 Å². The van der Waals surface area contributed by atoms with Crippen LogP contribution in [-0.2, 0) is 13.0 Å². The average Bonchev–Trinajstić information content (AvgIpc) is 2.66. The fraction of sp³-hybridized carbons (Fsp3) is 0.308. The monoisotopic (exact) mass is 266 g/mol. The highest BCUT2D eigenvalue weighted by Gasteiger charge is 2.09. The molecule has 0 aliphatic carbocycles. The van der Waals surface area contributed by atoms with E-state index in [9.17, 15) is 0 Å². The smallest absolute Gasteiger partial charge is 0.107 e. The Morgan fingerprint density at radius 2 is 2.12 bits per heavy atom. The number of halogens is 1. The second-order valence-electron chi connectivity index (χ2n) is 4.02. The maximum Gasteiger partial charge on any atom is 0.107 e. The van der Waals surface area contributed by atoms with Crippen LogP contribution in [0.2, 0.25) is 5.02 Å². The SMILES string of the molecule is Cc1nc(CN)sc1Cc1cccc(Cl)c1C. The Morgan fingerprint density at radius 1 is 1.35 bits per heavy atom. The Morgan fingerprint density at radius 3 is 2.76 bits per heavy atom. The molecule has 90 valence electrons. The van der Waals surface area contributed by atoms with Crippen LogP contribution in [0.5, 0.6) is 0 Å². The number of aryl methyl sites for hydroxylation is 1. The van der Waals surface area contributed by atoms with Gasteiger partial charge in [0, 0.05) is 22.9 Å². The molecule has 0 radical (unpaired) electrons. The van der Waals surface area contributed by atoms with Gasteiger partial charge in [0.25, 0.3) is 0 Å². The van der Waals surface area contributed by atoms with Crippen molar-refractivity contribution in [2.45, 2.75) is 26.8 Å². The topological polar surface area (TPSA) is 38.9 Å². The van der Waals surface area contributed by atoms with Crippen molar-refractivity contribution >= 4 is 22.9 Å². The number of rotatable bonds is 3. The number of hydrogen-bond donors (Lipinski definition) is 1. The molecule has 2 nitrogen and oxygen atoms in total. The van der Waals surface area contributed by atoms with Crippen molar-refractivity contribution in [1.29, 1.82) is 0 Å². The maximum absolute atomic E-state index is 6.12. The fourth-order valence-electron chi connectivity index (χ4n) is 1.76. The third-order valence-corrected chi connectivity index (χ3v) is 4.43. The van der Waals surface area contributed by atoms with Gasteiger partial charge in [-0.25, -0.2) is 4.98 Å². The quantitative estimate of drug-likeness (QED) is 0.924. The summed E-state index contributed by atoms with van der Waals surface area (Å²) in [6.45, 7) is 4.60. The number of aromatic nitrogens is 1. The molecular weight excluding hydrogens is 252 g/mol. The van der Waals surface area contributed by atoms with Crippen LogP contribution in [0.4, 0.5) is 0 Å². The van der Waals surface area contributed by atoms with Gasteiger partial charge < -0.3 is 5.73 Å². The zero-order valence-electron chi connectivity index (χ0n) is 9.96. The molecule has 0 spiro atoms. The molecule has 17 heavy (non-hydrogen) atoms. The molecule has 2 rings (SSSR count). The van der Waals surface area contributed by atoms with Gasteiger partial charge in [-0.2, -0.15) is 0 Å². The van der Waals surface area contributed by atoms with Crippen LogP contribution in [0.25, 0.3) is 0 Å². The average molecular weight is 267 g/mol. The molecule has 1 aromatic heterocycles. The van der Waals surface area contributed by atoms with Crippen molar-refractivity contribution in [2.24, 2.45) is 5.73 Å². The van der Waals surface area contributed by atoms with Gasteiger partial charge in [-0.1, -0.05) is 23.7 Å². The highest BCUT2D eigenvalue weighted by molar-refractivity contribution is 7.11. The second kappa shape index (κ2) is 5.17. The van der Waals surface area contributed by atoms with Crippen molar-refractivity contribution in [1.82, 2.24) is 4.98 Å². The molecule has 0 saturated carbocycles. The first-order valence-electron chi connectivity index (χ1n) is 5.51. The van der Waals surface area contributed by atoms with Gasteiger partial charge >= 0.3 is 0 Å². The molecule has 0 unspecified atom stereocenters. The van der Waals surface area contributed by atoms with E-state index in [0.29, 0.717) is 6.54 Å². The molecule has 2 aromatic rings. The Hall–Kier alpha value is -0.900. The Bertz CT molecular complexity index is 534. The molecule has 0 aliphatic heterocycles. The van der Waals surface area contributed by atoms with Crippen LogP contribution in [0.1, 0.15) is 26.7 Å². The Balaban J connectivity index is 2.31. The molecule has 0 bridgehead atoms. The van der Waals surface area contributed by atoms with E-state index in [0.717, 1.165) is 27.7 Å². The largest absolute Gasteiger partial charge is 0.325 e. The molecular formula is C13H15ClN2S.